The quantitative estimate of drug-likeness (QED) is 0.684. The molecule has 114 valence electrons. The largest absolute Gasteiger partial charge is 0.294 e. The van der Waals surface area contributed by atoms with Gasteiger partial charge in [-0.2, -0.15) is 5.10 Å². The lowest BCUT2D eigenvalue weighted by molar-refractivity contribution is -0.122. The van der Waals surface area contributed by atoms with Crippen molar-refractivity contribution in [2.24, 2.45) is 5.10 Å². The summed E-state index contributed by atoms with van der Waals surface area (Å²) in [5.41, 5.74) is 2.83. The van der Waals surface area contributed by atoms with Crippen LogP contribution in [-0.2, 0) is 4.79 Å². The van der Waals surface area contributed by atoms with Crippen LogP contribution in [0.2, 0.25) is 0 Å². The van der Waals surface area contributed by atoms with E-state index in [0.717, 1.165) is 25.9 Å². The average Bonchev–Trinajstić information content (AvgIpc) is 2.44. The molecular formula is C16H22FN3O. The van der Waals surface area contributed by atoms with E-state index < -0.39 is 0 Å². The van der Waals surface area contributed by atoms with E-state index in [4.69, 9.17) is 0 Å². The Morgan fingerprint density at radius 3 is 2.57 bits per heavy atom. The summed E-state index contributed by atoms with van der Waals surface area (Å²) in [5.74, 6) is -0.498. The second-order valence-electron chi connectivity index (χ2n) is 5.36. The fourth-order valence-electron chi connectivity index (χ4n) is 2.46. The van der Waals surface area contributed by atoms with Gasteiger partial charge in [0.25, 0.3) is 5.91 Å². The summed E-state index contributed by atoms with van der Waals surface area (Å²) in [6.07, 6.45) is 7.40. The molecule has 0 unspecified atom stereocenters. The number of likely N-dealkylation sites (tertiary alicyclic amines) is 1. The Bertz CT molecular complexity index is 482. The van der Waals surface area contributed by atoms with Crippen molar-refractivity contribution >= 4 is 12.1 Å². The SMILES string of the molecule is O=C(CN1CCCCCCC1)NN=Cc1ccccc1F. The molecule has 0 aromatic heterocycles. The van der Waals surface area contributed by atoms with Gasteiger partial charge >= 0.3 is 0 Å². The van der Waals surface area contributed by atoms with Gasteiger partial charge in [0, 0.05) is 5.56 Å². The van der Waals surface area contributed by atoms with Gasteiger partial charge in [-0.05, 0) is 32.0 Å². The highest BCUT2D eigenvalue weighted by Crippen LogP contribution is 2.09. The van der Waals surface area contributed by atoms with Crippen LogP contribution in [0.25, 0.3) is 0 Å². The summed E-state index contributed by atoms with van der Waals surface area (Å²) < 4.78 is 13.4. The van der Waals surface area contributed by atoms with Crippen molar-refractivity contribution in [3.8, 4) is 0 Å². The van der Waals surface area contributed by atoms with E-state index in [2.05, 4.69) is 15.4 Å². The molecule has 1 saturated heterocycles. The van der Waals surface area contributed by atoms with Gasteiger partial charge in [0.05, 0.1) is 12.8 Å². The molecule has 0 bridgehead atoms. The molecule has 1 heterocycles. The first kappa shape index (κ1) is 15.6. The molecule has 0 saturated carbocycles. The van der Waals surface area contributed by atoms with Crippen LogP contribution in [0.5, 0.6) is 0 Å². The summed E-state index contributed by atoms with van der Waals surface area (Å²) in [7, 11) is 0. The van der Waals surface area contributed by atoms with Gasteiger partial charge in [-0.1, -0.05) is 37.5 Å². The summed E-state index contributed by atoms with van der Waals surface area (Å²) in [5, 5.41) is 3.82. The minimum absolute atomic E-state index is 0.150. The highest BCUT2D eigenvalue weighted by Gasteiger charge is 2.11. The topological polar surface area (TPSA) is 44.7 Å². The second-order valence-corrected chi connectivity index (χ2v) is 5.36. The van der Waals surface area contributed by atoms with Crippen LogP contribution in [0, 0.1) is 5.82 Å². The van der Waals surface area contributed by atoms with Crippen LogP contribution in [0.1, 0.15) is 37.7 Å². The zero-order chi connectivity index (χ0) is 14.9. The molecular weight excluding hydrogens is 269 g/mol. The standard InChI is InChI=1S/C16H22FN3O/c17-15-9-5-4-8-14(15)12-18-19-16(21)13-20-10-6-2-1-3-7-11-20/h4-5,8-9,12H,1-3,6-7,10-11,13H2,(H,19,21). The Hall–Kier alpha value is -1.75. The van der Waals surface area contributed by atoms with Crippen molar-refractivity contribution in [3.05, 3.63) is 35.6 Å². The molecule has 1 N–H and O–H groups in total. The fraction of sp³-hybridized carbons (Fsp3) is 0.500. The molecule has 4 nitrogen and oxygen atoms in total. The maximum absolute atomic E-state index is 13.4. The number of carbonyl (C=O) groups is 1. The van der Waals surface area contributed by atoms with E-state index in [-0.39, 0.29) is 11.7 Å². The number of hydrazone groups is 1. The number of hydrogen-bond acceptors (Lipinski definition) is 3. The zero-order valence-electron chi connectivity index (χ0n) is 12.2. The lowest BCUT2D eigenvalue weighted by Gasteiger charge is -2.23. The van der Waals surface area contributed by atoms with Gasteiger partial charge in [-0.3, -0.25) is 9.69 Å². The molecule has 0 atom stereocenters. The van der Waals surface area contributed by atoms with Crippen molar-refractivity contribution < 1.29 is 9.18 Å². The smallest absolute Gasteiger partial charge is 0.254 e. The Morgan fingerprint density at radius 2 is 1.86 bits per heavy atom. The lowest BCUT2D eigenvalue weighted by Crippen LogP contribution is -2.37. The Kier molecular flexibility index (Phi) is 6.34. The van der Waals surface area contributed by atoms with Gasteiger partial charge in [0.2, 0.25) is 0 Å². The van der Waals surface area contributed by atoms with Crippen molar-refractivity contribution in [1.29, 1.82) is 0 Å². The maximum atomic E-state index is 13.4. The zero-order valence-corrected chi connectivity index (χ0v) is 12.2. The van der Waals surface area contributed by atoms with Crippen LogP contribution in [-0.4, -0.2) is 36.7 Å². The first-order valence-electron chi connectivity index (χ1n) is 7.54. The van der Waals surface area contributed by atoms with E-state index in [1.54, 1.807) is 18.2 Å². The Balaban J connectivity index is 1.77. The van der Waals surface area contributed by atoms with Gasteiger partial charge in [-0.15, -0.1) is 0 Å². The normalized spacial score (nSPS) is 17.4. The number of rotatable bonds is 4. The molecule has 1 amide bonds. The first-order chi connectivity index (χ1) is 10.3. The Labute approximate surface area is 125 Å². The summed E-state index contributed by atoms with van der Waals surface area (Å²) in [6, 6.07) is 6.33. The highest BCUT2D eigenvalue weighted by atomic mass is 19.1. The molecule has 1 fully saturated rings. The third kappa shape index (κ3) is 5.63. The summed E-state index contributed by atoms with van der Waals surface area (Å²) in [6.45, 7) is 2.28. The first-order valence-corrected chi connectivity index (χ1v) is 7.54. The molecule has 1 aromatic carbocycles. The number of benzene rings is 1. The van der Waals surface area contributed by atoms with Gasteiger partial charge in [0.15, 0.2) is 0 Å². The number of hydrogen-bond donors (Lipinski definition) is 1. The monoisotopic (exact) mass is 291 g/mol. The number of nitrogens with zero attached hydrogens (tertiary/aromatic N) is 2. The molecule has 0 radical (unpaired) electrons. The maximum Gasteiger partial charge on any atom is 0.254 e. The van der Waals surface area contributed by atoms with Gasteiger partial charge < -0.3 is 0 Å². The molecule has 1 aliphatic rings. The fourth-order valence-corrected chi connectivity index (χ4v) is 2.46. The Morgan fingerprint density at radius 1 is 1.19 bits per heavy atom. The van der Waals surface area contributed by atoms with Crippen molar-refractivity contribution in [1.82, 2.24) is 10.3 Å². The van der Waals surface area contributed by atoms with Crippen LogP contribution in [0.15, 0.2) is 29.4 Å². The molecule has 2 rings (SSSR count). The van der Waals surface area contributed by atoms with Crippen LogP contribution in [0.3, 0.4) is 0 Å². The van der Waals surface area contributed by atoms with Crippen molar-refractivity contribution in [2.75, 3.05) is 19.6 Å². The predicted molar refractivity (Wildman–Crippen MR) is 81.7 cm³/mol. The minimum atomic E-state index is -0.348. The number of nitrogens with one attached hydrogen (secondary N) is 1. The second kappa shape index (κ2) is 8.52. The molecule has 0 spiro atoms. The van der Waals surface area contributed by atoms with E-state index in [1.807, 2.05) is 0 Å². The molecule has 0 aliphatic carbocycles. The molecule has 5 heteroatoms. The third-order valence-corrected chi connectivity index (χ3v) is 3.61. The van der Waals surface area contributed by atoms with E-state index in [0.29, 0.717) is 12.1 Å². The minimum Gasteiger partial charge on any atom is -0.294 e. The average molecular weight is 291 g/mol. The molecule has 21 heavy (non-hydrogen) atoms. The van der Waals surface area contributed by atoms with E-state index in [1.165, 1.54) is 31.5 Å². The number of halogens is 1. The van der Waals surface area contributed by atoms with Gasteiger partial charge in [-0.25, -0.2) is 9.82 Å². The lowest BCUT2D eigenvalue weighted by atomic mass is 10.1. The summed E-state index contributed by atoms with van der Waals surface area (Å²) in [4.78, 5) is 14.0. The van der Waals surface area contributed by atoms with E-state index >= 15 is 0 Å². The van der Waals surface area contributed by atoms with Crippen molar-refractivity contribution in [3.63, 3.8) is 0 Å². The van der Waals surface area contributed by atoms with Gasteiger partial charge in [0.1, 0.15) is 5.82 Å². The van der Waals surface area contributed by atoms with Crippen LogP contribution < -0.4 is 5.43 Å². The van der Waals surface area contributed by atoms with Crippen molar-refractivity contribution in [2.45, 2.75) is 32.1 Å². The summed E-state index contributed by atoms with van der Waals surface area (Å²) >= 11 is 0. The predicted octanol–water partition coefficient (Wildman–Crippen LogP) is 2.54. The highest BCUT2D eigenvalue weighted by molar-refractivity contribution is 5.83. The molecule has 1 aromatic rings. The number of amides is 1. The molecule has 1 aliphatic heterocycles. The van der Waals surface area contributed by atoms with Crippen LogP contribution in [0.4, 0.5) is 4.39 Å². The van der Waals surface area contributed by atoms with E-state index in [9.17, 15) is 9.18 Å². The van der Waals surface area contributed by atoms with Crippen LogP contribution >= 0.6 is 0 Å². The number of carbonyl (C=O) groups excluding carboxylic acids is 1. The third-order valence-electron chi connectivity index (χ3n) is 3.61.